The van der Waals surface area contributed by atoms with Gasteiger partial charge in [0.25, 0.3) is 5.91 Å². The molecule has 4 aromatic rings. The first-order valence-electron chi connectivity index (χ1n) is 17.6. The molecule has 1 aromatic heterocycles. The van der Waals surface area contributed by atoms with E-state index >= 15 is 0 Å². The van der Waals surface area contributed by atoms with Crippen molar-refractivity contribution >= 4 is 26.2 Å². The van der Waals surface area contributed by atoms with Crippen LogP contribution in [-0.2, 0) is 27.6 Å². The number of alkyl halides is 4. The maximum atomic E-state index is 14.8. The molecule has 0 atom stereocenters. The normalized spacial score (nSPS) is 20.2. The Morgan fingerprint density at radius 1 is 0.941 bits per heavy atom. The number of rotatable bonds is 8. The van der Waals surface area contributed by atoms with Crippen molar-refractivity contribution in [3.05, 3.63) is 95.1 Å². The molecule has 1 aliphatic carbocycles. The van der Waals surface area contributed by atoms with E-state index in [1.807, 2.05) is 30.3 Å². The highest BCUT2D eigenvalue weighted by Crippen LogP contribution is 2.46. The molecule has 3 fully saturated rings. The fraction of sp³-hybridized carbons (Fsp3) is 0.436. The molecule has 0 spiro atoms. The molecule has 7 rings (SSSR count). The Balaban J connectivity index is 1.36. The van der Waals surface area contributed by atoms with E-state index in [-0.39, 0.29) is 28.3 Å². The van der Waals surface area contributed by atoms with E-state index in [2.05, 4.69) is 15.1 Å². The number of likely N-dealkylation sites (tertiary alicyclic amines) is 2. The third-order valence-corrected chi connectivity index (χ3v) is 12.4. The zero-order valence-corrected chi connectivity index (χ0v) is 29.7. The molecule has 3 heterocycles. The van der Waals surface area contributed by atoms with Crippen molar-refractivity contribution in [2.75, 3.05) is 38.7 Å². The lowest BCUT2D eigenvalue weighted by Gasteiger charge is -2.41. The summed E-state index contributed by atoms with van der Waals surface area (Å²) in [7, 11) is -4.27. The Morgan fingerprint density at radius 3 is 2.25 bits per heavy atom. The number of carbonyl (C=O) groups is 1. The number of aromatic nitrogens is 1. The highest BCUT2D eigenvalue weighted by Gasteiger charge is 2.46. The number of fused-ring (bicyclic) bond motifs is 1. The Bertz CT molecular complexity index is 2000. The van der Waals surface area contributed by atoms with Gasteiger partial charge in [0.1, 0.15) is 6.17 Å². The van der Waals surface area contributed by atoms with E-state index in [1.54, 1.807) is 12.1 Å². The first kappa shape index (κ1) is 35.7. The number of pyridine rings is 1. The van der Waals surface area contributed by atoms with E-state index in [0.717, 1.165) is 56.5 Å². The molecule has 1 saturated carbocycles. The Morgan fingerprint density at radius 2 is 1.63 bits per heavy atom. The molecular formula is C39H44F4N4O3S. The molecule has 2 aliphatic heterocycles. The largest absolute Gasteiger partial charge is 0.416 e. The molecule has 12 heteroatoms. The number of benzene rings is 3. The van der Waals surface area contributed by atoms with Crippen molar-refractivity contribution in [2.45, 2.75) is 73.9 Å². The summed E-state index contributed by atoms with van der Waals surface area (Å²) < 4.78 is 80.3. The summed E-state index contributed by atoms with van der Waals surface area (Å²) >= 11 is 0. The van der Waals surface area contributed by atoms with Crippen molar-refractivity contribution in [2.24, 2.45) is 0 Å². The van der Waals surface area contributed by atoms with Crippen molar-refractivity contribution in [3.8, 4) is 11.3 Å². The number of nitrogens with zero attached hydrogens (tertiary/aromatic N) is 3. The third kappa shape index (κ3) is 7.60. The van der Waals surface area contributed by atoms with Gasteiger partial charge in [-0.2, -0.15) is 22.5 Å². The van der Waals surface area contributed by atoms with Gasteiger partial charge in [-0.1, -0.05) is 42.5 Å². The van der Waals surface area contributed by atoms with E-state index in [9.17, 15) is 31.1 Å². The molecule has 0 radical (unpaired) electrons. The first-order valence-corrected chi connectivity index (χ1v) is 20.3. The molecule has 2 saturated heterocycles. The van der Waals surface area contributed by atoms with Crippen LogP contribution in [0.5, 0.6) is 0 Å². The summed E-state index contributed by atoms with van der Waals surface area (Å²) in [6, 6.07) is 19.6. The molecule has 3 aliphatic rings. The van der Waals surface area contributed by atoms with Crippen LogP contribution < -0.4 is 5.32 Å². The number of hydrogen-bond acceptors (Lipinski definition) is 5. The van der Waals surface area contributed by atoms with E-state index in [4.69, 9.17) is 4.98 Å². The van der Waals surface area contributed by atoms with Crippen LogP contribution >= 0.6 is 0 Å². The summed E-state index contributed by atoms with van der Waals surface area (Å²) in [6.45, 7) is 3.02. The van der Waals surface area contributed by atoms with Gasteiger partial charge in [0.05, 0.1) is 32.8 Å². The quantitative estimate of drug-likeness (QED) is 0.182. The lowest BCUT2D eigenvalue weighted by Crippen LogP contribution is -2.48. The molecule has 51 heavy (non-hydrogen) atoms. The molecule has 0 unspecified atom stereocenters. The highest BCUT2D eigenvalue weighted by atomic mass is 32.3. The average molecular weight is 725 g/mol. The zero-order chi connectivity index (χ0) is 36.2. The summed E-state index contributed by atoms with van der Waals surface area (Å²) in [6.07, 6.45) is 1.32. The number of amides is 1. The second-order valence-corrected chi connectivity index (χ2v) is 19.0. The summed E-state index contributed by atoms with van der Waals surface area (Å²) in [5.41, 5.74) is 1.04. The summed E-state index contributed by atoms with van der Waals surface area (Å²) in [5, 5.41) is 3.63. The van der Waals surface area contributed by atoms with Crippen LogP contribution in [0.15, 0.2) is 77.7 Å². The Hall–Kier alpha value is -3.71. The average Bonchev–Trinajstić information content (AvgIpc) is 3.88. The lowest BCUT2D eigenvalue weighted by molar-refractivity contribution is -0.137. The van der Waals surface area contributed by atoms with Crippen LogP contribution in [0.2, 0.25) is 0 Å². The number of nitrogens with one attached hydrogen (secondary N) is 1. The van der Waals surface area contributed by atoms with Crippen molar-refractivity contribution in [3.63, 3.8) is 0 Å². The predicted octanol–water partition coefficient (Wildman–Crippen LogP) is 7.65. The van der Waals surface area contributed by atoms with Gasteiger partial charge in [-0.05, 0) is 87.5 Å². The summed E-state index contributed by atoms with van der Waals surface area (Å²) in [5.74, 6) is -0.415. The maximum Gasteiger partial charge on any atom is 0.416 e. The van der Waals surface area contributed by atoms with Gasteiger partial charge in [0, 0.05) is 54.7 Å². The highest BCUT2D eigenvalue weighted by molar-refractivity contribution is 8.14. The molecular weight excluding hydrogens is 681 g/mol. The smallest absolute Gasteiger partial charge is 0.342 e. The molecule has 2 N–H and O–H groups in total. The Labute approximate surface area is 295 Å². The van der Waals surface area contributed by atoms with Gasteiger partial charge in [0.2, 0.25) is 0 Å². The van der Waals surface area contributed by atoms with Crippen LogP contribution in [0.25, 0.3) is 22.2 Å². The van der Waals surface area contributed by atoms with E-state index < -0.39 is 38.7 Å². The number of piperidine rings is 2. The van der Waals surface area contributed by atoms with Gasteiger partial charge in [-0.3, -0.25) is 14.2 Å². The minimum Gasteiger partial charge on any atom is -0.342 e. The fourth-order valence-electron chi connectivity index (χ4n) is 7.69. The predicted molar refractivity (Wildman–Crippen MR) is 192 cm³/mol. The second-order valence-electron chi connectivity index (χ2n) is 15.0. The van der Waals surface area contributed by atoms with E-state index in [1.165, 1.54) is 30.7 Å². The monoisotopic (exact) mass is 724 g/mol. The molecule has 3 aromatic carbocycles. The van der Waals surface area contributed by atoms with Crippen LogP contribution in [0.3, 0.4) is 0 Å². The minimum atomic E-state index is -4.59. The summed E-state index contributed by atoms with van der Waals surface area (Å²) in [4.78, 5) is 24.4. The third-order valence-electron chi connectivity index (χ3n) is 10.8. The maximum absolute atomic E-state index is 14.8. The number of hydrogen-bond donors (Lipinski definition) is 2. The van der Waals surface area contributed by atoms with Crippen LogP contribution in [0.1, 0.15) is 65.6 Å². The van der Waals surface area contributed by atoms with Gasteiger partial charge in [-0.25, -0.2) is 13.6 Å². The topological polar surface area (TPSA) is 85.8 Å². The standard InChI is InChI=1S/C39H44F4N4O3S/c1-51(2,49,50)31-11-12-34-32(24-31)35(37(48)45-38(17-18-38)27-8-4-3-5-9-27)33(36(44-34)26-7-6-10-28(23-26)39(41,42)43)25-46-19-15-30(16-20-46)47-21-13-29(40)14-22-47/h3-12,23-24,29-30H,13-22,25H2,1-2H3,(H,45,48)(H,49,50). The zero-order valence-electron chi connectivity index (χ0n) is 28.9. The first-order chi connectivity index (χ1) is 24.1. The van der Waals surface area contributed by atoms with Crippen LogP contribution in [-0.4, -0.2) is 80.4 Å². The Kier molecular flexibility index (Phi) is 9.13. The van der Waals surface area contributed by atoms with Crippen molar-refractivity contribution in [1.29, 1.82) is 0 Å². The van der Waals surface area contributed by atoms with E-state index in [0.29, 0.717) is 48.4 Å². The molecule has 7 nitrogen and oxygen atoms in total. The minimum absolute atomic E-state index is 0.134. The second kappa shape index (κ2) is 13.1. The van der Waals surface area contributed by atoms with Gasteiger partial charge in [0.15, 0.2) is 0 Å². The molecule has 272 valence electrons. The van der Waals surface area contributed by atoms with Gasteiger partial charge in [-0.15, -0.1) is 0 Å². The van der Waals surface area contributed by atoms with Crippen LogP contribution in [0.4, 0.5) is 17.6 Å². The van der Waals surface area contributed by atoms with Crippen LogP contribution in [0, 0.1) is 0 Å². The lowest BCUT2D eigenvalue weighted by atomic mass is 9.93. The fourth-order valence-corrected chi connectivity index (χ4v) is 8.60. The SMILES string of the molecule is CS(C)(=O)(O)c1ccc2nc(-c3cccc(C(F)(F)F)c3)c(CN3CCC(N4CCC(F)CC4)CC3)c(C(=O)NC3(c4ccccc4)CC3)c2c1. The number of carbonyl (C=O) groups excluding carboxylic acids is 1. The van der Waals surface area contributed by atoms with Gasteiger partial charge >= 0.3 is 6.18 Å². The van der Waals surface area contributed by atoms with Crippen molar-refractivity contribution < 1.29 is 31.1 Å². The molecule has 0 bridgehead atoms. The number of halogens is 4. The molecule has 1 amide bonds. The van der Waals surface area contributed by atoms with Crippen molar-refractivity contribution in [1.82, 2.24) is 20.1 Å². The van der Waals surface area contributed by atoms with Gasteiger partial charge < -0.3 is 10.2 Å².